The second kappa shape index (κ2) is 15.6. The molecule has 0 aliphatic carbocycles. The first-order chi connectivity index (χ1) is 21.9. The van der Waals surface area contributed by atoms with Crippen molar-refractivity contribution in [2.24, 2.45) is 5.41 Å². The summed E-state index contributed by atoms with van der Waals surface area (Å²) in [6.07, 6.45) is 3.01. The molecule has 3 aromatic rings. The molecule has 14 heteroatoms. The average molecular weight is 658 g/mol. The molecule has 1 fully saturated rings. The van der Waals surface area contributed by atoms with E-state index in [4.69, 9.17) is 21.1 Å². The highest BCUT2D eigenvalue weighted by Gasteiger charge is 2.39. The Morgan fingerprint density at radius 1 is 1.17 bits per heavy atom. The molecule has 3 amide bonds. The van der Waals surface area contributed by atoms with Crippen LogP contribution in [0.15, 0.2) is 36.7 Å². The molecule has 1 saturated heterocycles. The molecule has 2 aromatic carbocycles. The fraction of sp³-hybridized carbons (Fsp3) is 0.469. The average Bonchev–Trinajstić information content (AvgIpc) is 3.57. The lowest BCUT2D eigenvalue weighted by atomic mass is 9.77. The molecule has 1 aliphatic rings. The topological polar surface area (TPSA) is 156 Å². The maximum absolute atomic E-state index is 14.8. The molecule has 1 aromatic heterocycles. The van der Waals surface area contributed by atoms with Crippen LogP contribution in [0.1, 0.15) is 39.2 Å². The Kier molecular flexibility index (Phi) is 11.8. The van der Waals surface area contributed by atoms with Gasteiger partial charge in [-0.3, -0.25) is 19.7 Å². The molecule has 1 aliphatic heterocycles. The van der Waals surface area contributed by atoms with Gasteiger partial charge in [0.2, 0.25) is 17.7 Å². The SMILES string of the molecule is CN[C@@H](C)C(=O)N[C@H](C(=O)NC(=O)[C@@H]1CCCN1)C(C)(C)Cc1cc2c(Nc3cccc(Cl)c3F)ncnc2cc1OCCOC. The summed E-state index contributed by atoms with van der Waals surface area (Å²) in [4.78, 5) is 48.4. The van der Waals surface area contributed by atoms with Gasteiger partial charge in [0.25, 0.3) is 0 Å². The van der Waals surface area contributed by atoms with Crippen molar-refractivity contribution >= 4 is 51.7 Å². The molecule has 0 radical (unpaired) electrons. The van der Waals surface area contributed by atoms with Crippen LogP contribution in [0.2, 0.25) is 5.02 Å². The molecule has 0 bridgehead atoms. The van der Waals surface area contributed by atoms with Crippen molar-refractivity contribution in [3.05, 3.63) is 53.1 Å². The summed E-state index contributed by atoms with van der Waals surface area (Å²) >= 11 is 6.00. The number of ether oxygens (including phenoxy) is 2. The Bertz CT molecular complexity index is 1570. The highest BCUT2D eigenvalue weighted by Crippen LogP contribution is 2.36. The maximum atomic E-state index is 14.8. The van der Waals surface area contributed by atoms with E-state index in [1.807, 2.05) is 19.9 Å². The van der Waals surface area contributed by atoms with Crippen molar-refractivity contribution < 1.29 is 28.2 Å². The highest BCUT2D eigenvalue weighted by molar-refractivity contribution is 6.31. The van der Waals surface area contributed by atoms with Crippen LogP contribution in [0.5, 0.6) is 5.75 Å². The van der Waals surface area contributed by atoms with Crippen LogP contribution >= 0.6 is 11.6 Å². The Balaban J connectivity index is 1.73. The van der Waals surface area contributed by atoms with Gasteiger partial charge in [-0.15, -0.1) is 0 Å². The predicted octanol–water partition coefficient (Wildman–Crippen LogP) is 3.25. The number of hydrogen-bond donors (Lipinski definition) is 5. The van der Waals surface area contributed by atoms with Crippen LogP contribution in [0.4, 0.5) is 15.9 Å². The Labute approximate surface area is 272 Å². The number of hydrogen-bond acceptors (Lipinski definition) is 10. The zero-order valence-corrected chi connectivity index (χ0v) is 27.4. The minimum Gasteiger partial charge on any atom is -0.491 e. The van der Waals surface area contributed by atoms with Crippen molar-refractivity contribution in [2.45, 2.75) is 58.2 Å². The summed E-state index contributed by atoms with van der Waals surface area (Å²) in [6.45, 7) is 6.58. The van der Waals surface area contributed by atoms with Gasteiger partial charge in [-0.05, 0) is 69.0 Å². The van der Waals surface area contributed by atoms with Crippen molar-refractivity contribution in [2.75, 3.05) is 39.2 Å². The van der Waals surface area contributed by atoms with Gasteiger partial charge in [0.1, 0.15) is 30.5 Å². The molecule has 2 heterocycles. The predicted molar refractivity (Wildman–Crippen MR) is 174 cm³/mol. The van der Waals surface area contributed by atoms with Crippen molar-refractivity contribution in [3.8, 4) is 5.75 Å². The van der Waals surface area contributed by atoms with Crippen LogP contribution in [0, 0.1) is 11.2 Å². The van der Waals surface area contributed by atoms with Gasteiger partial charge >= 0.3 is 0 Å². The fourth-order valence-corrected chi connectivity index (χ4v) is 5.43. The number of halogens is 2. The number of anilines is 2. The van der Waals surface area contributed by atoms with Crippen molar-refractivity contribution in [1.29, 1.82) is 0 Å². The van der Waals surface area contributed by atoms with Crippen LogP contribution in [0.3, 0.4) is 0 Å². The standard InChI is InChI=1S/C32H41ClFN7O5/c1-18(35-4)29(42)40-27(31(44)41-30(43)23-10-7-11-36-23)32(2,3)16-19-14-20-24(15-25(19)46-13-12-45-5)37-17-38-28(20)39-22-9-6-8-21(33)26(22)34/h6,8-9,14-15,17-18,23,27,35-36H,7,10-13,16H2,1-5H3,(H,40,42)(H,37,38,39)(H,41,43,44)/t18-,23-,27+/m0/s1. The second-order valence-electron chi connectivity index (χ2n) is 11.9. The lowest BCUT2D eigenvalue weighted by Crippen LogP contribution is -2.59. The van der Waals surface area contributed by atoms with E-state index < -0.39 is 47.1 Å². The summed E-state index contributed by atoms with van der Waals surface area (Å²) in [5.74, 6) is -1.27. The van der Waals surface area contributed by atoms with E-state index in [0.29, 0.717) is 47.6 Å². The summed E-state index contributed by atoms with van der Waals surface area (Å²) in [7, 11) is 3.20. The molecule has 248 valence electrons. The maximum Gasteiger partial charge on any atom is 0.249 e. The molecular formula is C32H41ClFN7O5. The molecule has 0 spiro atoms. The van der Waals surface area contributed by atoms with Gasteiger partial charge in [-0.2, -0.15) is 0 Å². The largest absolute Gasteiger partial charge is 0.491 e. The first-order valence-electron chi connectivity index (χ1n) is 15.1. The lowest BCUT2D eigenvalue weighted by molar-refractivity contribution is -0.137. The number of amides is 3. The number of methoxy groups -OCH3 is 1. The number of nitrogens with zero attached hydrogens (tertiary/aromatic N) is 2. The van der Waals surface area contributed by atoms with E-state index in [1.54, 1.807) is 39.3 Å². The van der Waals surface area contributed by atoms with Gasteiger partial charge in [0.15, 0.2) is 5.82 Å². The van der Waals surface area contributed by atoms with Crippen LogP contribution < -0.4 is 31.3 Å². The summed E-state index contributed by atoms with van der Waals surface area (Å²) in [5, 5.41) is 14.9. The van der Waals surface area contributed by atoms with E-state index in [0.717, 1.165) is 6.42 Å². The summed E-state index contributed by atoms with van der Waals surface area (Å²) in [6, 6.07) is 5.99. The third kappa shape index (κ3) is 8.46. The number of aromatic nitrogens is 2. The highest BCUT2D eigenvalue weighted by atomic mass is 35.5. The van der Waals surface area contributed by atoms with E-state index >= 15 is 0 Å². The minimum absolute atomic E-state index is 0.0409. The quantitative estimate of drug-likeness (QED) is 0.163. The number of carbonyl (C=O) groups excluding carboxylic acids is 3. The lowest BCUT2D eigenvalue weighted by Gasteiger charge is -2.35. The molecule has 12 nitrogen and oxygen atoms in total. The normalized spacial score (nSPS) is 16.1. The van der Waals surface area contributed by atoms with Gasteiger partial charge in [0.05, 0.1) is 34.9 Å². The van der Waals surface area contributed by atoms with E-state index in [1.165, 1.54) is 12.4 Å². The Morgan fingerprint density at radius 2 is 1.96 bits per heavy atom. The first-order valence-corrected chi connectivity index (χ1v) is 15.5. The summed E-state index contributed by atoms with van der Waals surface area (Å²) < 4.78 is 26.1. The molecule has 5 N–H and O–H groups in total. The molecular weight excluding hydrogens is 617 g/mol. The van der Waals surface area contributed by atoms with Gasteiger partial charge in [-0.1, -0.05) is 31.5 Å². The second-order valence-corrected chi connectivity index (χ2v) is 12.3. The summed E-state index contributed by atoms with van der Waals surface area (Å²) in [5.41, 5.74) is 0.366. The number of likely N-dealkylation sites (N-methyl/N-ethyl adjacent to an activating group) is 1. The van der Waals surface area contributed by atoms with Crippen LogP contribution in [-0.2, 0) is 25.5 Å². The Morgan fingerprint density at radius 3 is 2.65 bits per heavy atom. The molecule has 0 saturated carbocycles. The number of imide groups is 1. The molecule has 46 heavy (non-hydrogen) atoms. The number of fused-ring (bicyclic) bond motifs is 1. The van der Waals surface area contributed by atoms with Crippen molar-refractivity contribution in [3.63, 3.8) is 0 Å². The van der Waals surface area contributed by atoms with Gasteiger partial charge < -0.3 is 30.7 Å². The van der Waals surface area contributed by atoms with Crippen molar-refractivity contribution in [1.82, 2.24) is 31.2 Å². The van der Waals surface area contributed by atoms with E-state index in [9.17, 15) is 18.8 Å². The smallest absolute Gasteiger partial charge is 0.249 e. The first kappa shape index (κ1) is 35.0. The molecule has 0 unspecified atom stereocenters. The van der Waals surface area contributed by atoms with E-state index in [2.05, 4.69) is 36.6 Å². The monoisotopic (exact) mass is 657 g/mol. The molecule has 3 atom stereocenters. The van der Waals surface area contributed by atoms with Gasteiger partial charge in [-0.25, -0.2) is 14.4 Å². The minimum atomic E-state index is -1.10. The zero-order valence-electron chi connectivity index (χ0n) is 26.6. The van der Waals surface area contributed by atoms with E-state index in [-0.39, 0.29) is 23.7 Å². The van der Waals surface area contributed by atoms with Crippen LogP contribution in [0.25, 0.3) is 10.9 Å². The Hall–Kier alpha value is -3.91. The number of rotatable bonds is 14. The number of carbonyl (C=O) groups is 3. The van der Waals surface area contributed by atoms with Gasteiger partial charge in [0, 0.05) is 18.6 Å². The fourth-order valence-electron chi connectivity index (χ4n) is 5.26. The zero-order chi connectivity index (χ0) is 33.4. The van der Waals surface area contributed by atoms with Crippen LogP contribution in [-0.4, -0.2) is 79.7 Å². The number of benzene rings is 2. The molecule has 4 rings (SSSR count). The third-order valence-electron chi connectivity index (χ3n) is 7.99. The number of nitrogens with one attached hydrogen (secondary N) is 5. The third-order valence-corrected chi connectivity index (χ3v) is 8.29.